The molecule has 1 aromatic carbocycles. The lowest BCUT2D eigenvalue weighted by Gasteiger charge is -2.15. The summed E-state index contributed by atoms with van der Waals surface area (Å²) in [4.78, 5) is 0. The zero-order valence-corrected chi connectivity index (χ0v) is 9.00. The summed E-state index contributed by atoms with van der Waals surface area (Å²) in [5.74, 6) is -2.70. The molecule has 3 heteroatoms. The van der Waals surface area contributed by atoms with Crippen molar-refractivity contribution in [3.8, 4) is 0 Å². The molecule has 1 aromatic rings. The van der Waals surface area contributed by atoms with Crippen LogP contribution in [0.2, 0.25) is 0 Å². The maximum atomic E-state index is 13.2. The third-order valence-corrected chi connectivity index (χ3v) is 2.19. The second-order valence-corrected chi connectivity index (χ2v) is 4.16. The predicted molar refractivity (Wildman–Crippen MR) is 56.0 cm³/mol. The van der Waals surface area contributed by atoms with Crippen LogP contribution in [0.4, 0.5) is 8.78 Å². The SMILES string of the molecule is CC(C)Cc1cccc(C(F)(F)CO)c1. The molecule has 84 valence electrons. The van der Waals surface area contributed by atoms with Crippen LogP contribution in [0.15, 0.2) is 24.3 Å². The van der Waals surface area contributed by atoms with Gasteiger partial charge in [-0.05, 0) is 24.0 Å². The van der Waals surface area contributed by atoms with Crippen molar-refractivity contribution in [2.45, 2.75) is 26.2 Å². The first-order valence-electron chi connectivity index (χ1n) is 5.04. The van der Waals surface area contributed by atoms with Crippen molar-refractivity contribution in [1.82, 2.24) is 0 Å². The lowest BCUT2D eigenvalue weighted by Crippen LogP contribution is -2.18. The van der Waals surface area contributed by atoms with Crippen molar-refractivity contribution >= 4 is 0 Å². The first kappa shape index (κ1) is 12.1. The summed E-state index contributed by atoms with van der Waals surface area (Å²) in [7, 11) is 0. The normalized spacial score (nSPS) is 12.1. The maximum absolute atomic E-state index is 13.2. The van der Waals surface area contributed by atoms with Crippen molar-refractivity contribution in [3.05, 3.63) is 35.4 Å². The standard InChI is InChI=1S/C12H16F2O/c1-9(2)6-10-4-3-5-11(7-10)12(13,14)8-15/h3-5,7,9,15H,6,8H2,1-2H3. The molecule has 1 nitrogen and oxygen atoms in total. The fraction of sp³-hybridized carbons (Fsp3) is 0.500. The van der Waals surface area contributed by atoms with E-state index in [4.69, 9.17) is 5.11 Å². The Bertz CT molecular complexity index is 321. The highest BCUT2D eigenvalue weighted by Crippen LogP contribution is 2.28. The highest BCUT2D eigenvalue weighted by molar-refractivity contribution is 5.27. The van der Waals surface area contributed by atoms with E-state index in [0.717, 1.165) is 12.0 Å². The van der Waals surface area contributed by atoms with Crippen molar-refractivity contribution < 1.29 is 13.9 Å². The Kier molecular flexibility index (Phi) is 3.80. The highest BCUT2D eigenvalue weighted by Gasteiger charge is 2.30. The van der Waals surface area contributed by atoms with Crippen LogP contribution < -0.4 is 0 Å². The minimum absolute atomic E-state index is 0.108. The van der Waals surface area contributed by atoms with E-state index in [9.17, 15) is 8.78 Å². The summed E-state index contributed by atoms with van der Waals surface area (Å²) in [6, 6.07) is 6.25. The smallest absolute Gasteiger partial charge is 0.295 e. The molecule has 0 aliphatic rings. The van der Waals surface area contributed by atoms with Gasteiger partial charge in [0.15, 0.2) is 0 Å². The van der Waals surface area contributed by atoms with E-state index in [2.05, 4.69) is 0 Å². The Labute approximate surface area is 88.7 Å². The van der Waals surface area contributed by atoms with Gasteiger partial charge >= 0.3 is 0 Å². The fourth-order valence-corrected chi connectivity index (χ4v) is 1.49. The Morgan fingerprint density at radius 1 is 1.33 bits per heavy atom. The maximum Gasteiger partial charge on any atom is 0.295 e. The summed E-state index contributed by atoms with van der Waals surface area (Å²) < 4.78 is 26.3. The third kappa shape index (κ3) is 3.27. The summed E-state index contributed by atoms with van der Waals surface area (Å²) in [6.07, 6.45) is 0.773. The Balaban J connectivity index is 2.92. The van der Waals surface area contributed by atoms with Gasteiger partial charge in [0.1, 0.15) is 6.61 Å². The molecule has 15 heavy (non-hydrogen) atoms. The van der Waals surface area contributed by atoms with E-state index in [1.54, 1.807) is 6.07 Å². The van der Waals surface area contributed by atoms with Crippen LogP contribution in [0.5, 0.6) is 0 Å². The summed E-state index contributed by atoms with van der Waals surface area (Å²) in [5, 5.41) is 8.57. The van der Waals surface area contributed by atoms with Gasteiger partial charge in [-0.3, -0.25) is 0 Å². The Morgan fingerprint density at radius 2 is 2.00 bits per heavy atom. The molecule has 0 fully saturated rings. The Hall–Kier alpha value is -0.960. The predicted octanol–water partition coefficient (Wildman–Crippen LogP) is 2.97. The molecule has 0 bridgehead atoms. The van der Waals surface area contributed by atoms with Crippen molar-refractivity contribution in [2.24, 2.45) is 5.92 Å². The second kappa shape index (κ2) is 4.71. The number of alkyl halides is 2. The molecular formula is C12H16F2O. The molecule has 0 aliphatic heterocycles. The van der Waals surface area contributed by atoms with E-state index >= 15 is 0 Å². The van der Waals surface area contributed by atoms with Gasteiger partial charge < -0.3 is 5.11 Å². The minimum atomic E-state index is -3.13. The van der Waals surface area contributed by atoms with Gasteiger partial charge in [0, 0.05) is 5.56 Å². The largest absolute Gasteiger partial charge is 0.390 e. The van der Waals surface area contributed by atoms with Crippen LogP contribution in [0, 0.1) is 5.92 Å². The zero-order chi connectivity index (χ0) is 11.5. The fourth-order valence-electron chi connectivity index (χ4n) is 1.49. The molecule has 0 spiro atoms. The molecule has 0 aliphatic carbocycles. The van der Waals surface area contributed by atoms with Crippen LogP contribution in [0.1, 0.15) is 25.0 Å². The highest BCUT2D eigenvalue weighted by atomic mass is 19.3. The van der Waals surface area contributed by atoms with E-state index in [1.807, 2.05) is 19.9 Å². The molecule has 0 amide bonds. The third-order valence-electron chi connectivity index (χ3n) is 2.19. The van der Waals surface area contributed by atoms with Gasteiger partial charge in [0.2, 0.25) is 0 Å². The van der Waals surface area contributed by atoms with Gasteiger partial charge in [-0.2, -0.15) is 8.78 Å². The molecule has 0 heterocycles. The molecule has 0 saturated heterocycles. The summed E-state index contributed by atoms with van der Waals surface area (Å²) in [5.41, 5.74) is 0.777. The average Bonchev–Trinajstić information content (AvgIpc) is 2.17. The molecule has 0 aromatic heterocycles. The monoisotopic (exact) mass is 214 g/mol. The van der Waals surface area contributed by atoms with Crippen LogP contribution in [-0.4, -0.2) is 11.7 Å². The molecule has 0 saturated carbocycles. The van der Waals surface area contributed by atoms with Gasteiger partial charge in [-0.1, -0.05) is 32.0 Å². The van der Waals surface area contributed by atoms with E-state index < -0.39 is 12.5 Å². The average molecular weight is 214 g/mol. The number of rotatable bonds is 4. The van der Waals surface area contributed by atoms with Gasteiger partial charge in [-0.25, -0.2) is 0 Å². The topological polar surface area (TPSA) is 20.2 Å². The molecule has 0 unspecified atom stereocenters. The van der Waals surface area contributed by atoms with Crippen molar-refractivity contribution in [1.29, 1.82) is 0 Å². The number of aliphatic hydroxyl groups is 1. The molecular weight excluding hydrogens is 198 g/mol. The summed E-state index contributed by atoms with van der Waals surface area (Å²) in [6.45, 7) is 2.94. The van der Waals surface area contributed by atoms with Gasteiger partial charge in [-0.15, -0.1) is 0 Å². The van der Waals surface area contributed by atoms with Crippen molar-refractivity contribution in [2.75, 3.05) is 6.61 Å². The molecule has 1 rings (SSSR count). The number of hydrogen-bond acceptors (Lipinski definition) is 1. The molecule has 0 atom stereocenters. The van der Waals surface area contributed by atoms with Crippen LogP contribution >= 0.6 is 0 Å². The van der Waals surface area contributed by atoms with E-state index in [-0.39, 0.29) is 5.56 Å². The lowest BCUT2D eigenvalue weighted by molar-refractivity contribution is -0.0556. The van der Waals surface area contributed by atoms with Crippen molar-refractivity contribution in [3.63, 3.8) is 0 Å². The number of aliphatic hydroxyl groups excluding tert-OH is 1. The van der Waals surface area contributed by atoms with Crippen LogP contribution in [0.25, 0.3) is 0 Å². The summed E-state index contributed by atoms with van der Waals surface area (Å²) >= 11 is 0. The van der Waals surface area contributed by atoms with E-state index in [0.29, 0.717) is 5.92 Å². The molecule has 0 radical (unpaired) electrons. The second-order valence-electron chi connectivity index (χ2n) is 4.16. The first-order valence-corrected chi connectivity index (χ1v) is 5.04. The van der Waals surface area contributed by atoms with Gasteiger partial charge in [0.25, 0.3) is 5.92 Å². The number of halogens is 2. The van der Waals surface area contributed by atoms with Crippen LogP contribution in [-0.2, 0) is 12.3 Å². The number of hydrogen-bond donors (Lipinski definition) is 1. The quantitative estimate of drug-likeness (QED) is 0.817. The van der Waals surface area contributed by atoms with E-state index in [1.165, 1.54) is 12.1 Å². The first-order chi connectivity index (χ1) is 6.95. The molecule has 1 N–H and O–H groups in total. The minimum Gasteiger partial charge on any atom is -0.390 e. The number of benzene rings is 1. The van der Waals surface area contributed by atoms with Gasteiger partial charge in [0.05, 0.1) is 0 Å². The lowest BCUT2D eigenvalue weighted by atomic mass is 9.99. The zero-order valence-electron chi connectivity index (χ0n) is 9.00. The van der Waals surface area contributed by atoms with Crippen LogP contribution in [0.3, 0.4) is 0 Å². The Morgan fingerprint density at radius 3 is 2.53 bits per heavy atom.